The van der Waals surface area contributed by atoms with Crippen molar-refractivity contribution in [1.82, 2.24) is 5.32 Å². The van der Waals surface area contributed by atoms with Crippen LogP contribution < -0.4 is 10.4 Å². The van der Waals surface area contributed by atoms with Gasteiger partial charge in [-0.2, -0.15) is 0 Å². The van der Waals surface area contributed by atoms with E-state index in [9.17, 15) is 34.8 Å². The van der Waals surface area contributed by atoms with E-state index in [1.807, 2.05) is 0 Å². The molecule has 2 rings (SSSR count). The van der Waals surface area contributed by atoms with Gasteiger partial charge in [-0.05, 0) is 50.8 Å². The number of hydrogen-bond donors (Lipinski definition) is 4. The first kappa shape index (κ1) is 29.5. The third kappa shape index (κ3) is 10.5. The van der Waals surface area contributed by atoms with E-state index in [1.165, 1.54) is 12.1 Å². The molecule has 11 nitrogen and oxygen atoms in total. The number of nitrogens with one attached hydrogen (secondary N) is 1. The van der Waals surface area contributed by atoms with Crippen molar-refractivity contribution in [2.45, 2.75) is 95.6 Å². The van der Waals surface area contributed by atoms with Crippen molar-refractivity contribution in [1.29, 1.82) is 0 Å². The highest BCUT2D eigenvalue weighted by Crippen LogP contribution is 2.25. The summed E-state index contributed by atoms with van der Waals surface area (Å²) in [7, 11) is 0. The standard InChI is InChI=1S/C25H37NO10/c1-15(5-3-4-6-23(31)32)34-25-19(28)13-21(16(2)35-25)36-24(33)12-11-22(30)26-14-20(29)17-7-9-18(27)10-8-17/h7-10,15-16,19-21,25,27-29H,3-6,11-14H2,1-2H3,(H,26,30)(H,31,32)/p-1/t15?,16?,19?,20-,21+,25+/m0/s1. The lowest BCUT2D eigenvalue weighted by Gasteiger charge is -2.38. The molecule has 4 N–H and O–H groups in total. The van der Waals surface area contributed by atoms with Crippen LogP contribution in [0.5, 0.6) is 5.75 Å². The smallest absolute Gasteiger partial charge is 0.306 e. The number of esters is 1. The van der Waals surface area contributed by atoms with Crippen molar-refractivity contribution in [3.8, 4) is 5.75 Å². The highest BCUT2D eigenvalue weighted by Gasteiger charge is 2.38. The Morgan fingerprint density at radius 1 is 1.17 bits per heavy atom. The molecule has 1 saturated heterocycles. The van der Waals surface area contributed by atoms with Crippen molar-refractivity contribution in [2.75, 3.05) is 6.54 Å². The lowest BCUT2D eigenvalue weighted by Crippen LogP contribution is -2.49. The molecular formula is C25H36NO10-. The Balaban J connectivity index is 1.66. The lowest BCUT2D eigenvalue weighted by molar-refractivity contribution is -0.305. The number of carbonyl (C=O) groups excluding carboxylic acids is 3. The minimum Gasteiger partial charge on any atom is -0.550 e. The first-order valence-electron chi connectivity index (χ1n) is 12.2. The number of aliphatic hydroxyl groups excluding tert-OH is 2. The monoisotopic (exact) mass is 510 g/mol. The molecule has 0 spiro atoms. The van der Waals surface area contributed by atoms with Gasteiger partial charge in [0.25, 0.3) is 0 Å². The van der Waals surface area contributed by atoms with E-state index < -0.39 is 48.6 Å². The van der Waals surface area contributed by atoms with E-state index in [0.717, 1.165) is 0 Å². The van der Waals surface area contributed by atoms with Crippen molar-refractivity contribution >= 4 is 17.8 Å². The summed E-state index contributed by atoms with van der Waals surface area (Å²) in [6.45, 7) is 3.46. The molecule has 0 radical (unpaired) electrons. The van der Waals surface area contributed by atoms with Crippen LogP contribution in [0, 0.1) is 0 Å². The van der Waals surface area contributed by atoms with Crippen LogP contribution in [0.2, 0.25) is 0 Å². The molecule has 0 saturated carbocycles. The van der Waals surface area contributed by atoms with Gasteiger partial charge in [0.05, 0.1) is 24.7 Å². The van der Waals surface area contributed by atoms with Crippen molar-refractivity contribution < 1.29 is 49.0 Å². The number of rotatable bonds is 14. The second-order valence-electron chi connectivity index (χ2n) is 9.02. The van der Waals surface area contributed by atoms with E-state index in [-0.39, 0.29) is 44.1 Å². The molecule has 202 valence electrons. The SMILES string of the molecule is CC(CCCCC(=O)[O-])O[C@@H]1OC(C)[C@H](OC(=O)CCC(=O)NC[C@H](O)c2ccc(O)cc2)CC1O. The van der Waals surface area contributed by atoms with E-state index in [0.29, 0.717) is 24.8 Å². The molecule has 0 aromatic heterocycles. The van der Waals surface area contributed by atoms with E-state index in [2.05, 4.69) is 5.32 Å². The minimum absolute atomic E-state index is 0.0111. The highest BCUT2D eigenvalue weighted by atomic mass is 16.7. The number of amides is 1. The van der Waals surface area contributed by atoms with Crippen molar-refractivity contribution in [3.63, 3.8) is 0 Å². The molecule has 1 aromatic rings. The number of aliphatic carboxylic acids is 1. The molecule has 36 heavy (non-hydrogen) atoms. The van der Waals surface area contributed by atoms with Gasteiger partial charge in [0.2, 0.25) is 5.91 Å². The molecule has 11 heteroatoms. The van der Waals surface area contributed by atoms with Crippen LogP contribution >= 0.6 is 0 Å². The van der Waals surface area contributed by atoms with Gasteiger partial charge in [-0.3, -0.25) is 9.59 Å². The average Bonchev–Trinajstić information content (AvgIpc) is 2.82. The van der Waals surface area contributed by atoms with Gasteiger partial charge in [0, 0.05) is 25.4 Å². The fourth-order valence-electron chi connectivity index (χ4n) is 3.75. The molecule has 1 amide bonds. The molecule has 0 aliphatic carbocycles. The van der Waals surface area contributed by atoms with E-state index >= 15 is 0 Å². The number of phenolic OH excluding ortho intramolecular Hbond substituents is 1. The maximum Gasteiger partial charge on any atom is 0.306 e. The van der Waals surface area contributed by atoms with Crippen LogP contribution in [0.1, 0.15) is 70.5 Å². The summed E-state index contributed by atoms with van der Waals surface area (Å²) in [5, 5.41) is 42.8. The average molecular weight is 511 g/mol. The summed E-state index contributed by atoms with van der Waals surface area (Å²) in [5.74, 6) is -2.06. The normalized spacial score (nSPS) is 23.4. The molecule has 1 heterocycles. The van der Waals surface area contributed by atoms with Gasteiger partial charge in [-0.15, -0.1) is 0 Å². The van der Waals surface area contributed by atoms with Crippen molar-refractivity contribution in [2.24, 2.45) is 0 Å². The highest BCUT2D eigenvalue weighted by molar-refractivity contribution is 5.81. The van der Waals surface area contributed by atoms with Gasteiger partial charge in [-0.25, -0.2) is 0 Å². The number of hydrogen-bond acceptors (Lipinski definition) is 10. The maximum absolute atomic E-state index is 12.2. The summed E-state index contributed by atoms with van der Waals surface area (Å²) in [4.78, 5) is 34.7. The Bertz CT molecular complexity index is 846. The number of ether oxygens (including phenoxy) is 3. The molecular weight excluding hydrogens is 474 g/mol. The maximum atomic E-state index is 12.2. The molecule has 1 aliphatic rings. The second kappa shape index (κ2) is 14.7. The number of unbranched alkanes of at least 4 members (excludes halogenated alkanes) is 1. The minimum atomic E-state index is -1.09. The lowest BCUT2D eigenvalue weighted by atomic mass is 10.0. The number of carbonyl (C=O) groups is 3. The summed E-state index contributed by atoms with van der Waals surface area (Å²) in [6.07, 6.45) is -2.86. The number of aliphatic hydroxyl groups is 2. The van der Waals surface area contributed by atoms with Crippen LogP contribution in [-0.2, 0) is 28.6 Å². The predicted molar refractivity (Wildman–Crippen MR) is 124 cm³/mol. The molecule has 0 bridgehead atoms. The fraction of sp³-hybridized carbons (Fsp3) is 0.640. The summed E-state index contributed by atoms with van der Waals surface area (Å²) in [6, 6.07) is 5.95. The topological polar surface area (TPSA) is 175 Å². The second-order valence-corrected chi connectivity index (χ2v) is 9.02. The van der Waals surface area contributed by atoms with Gasteiger partial charge < -0.3 is 44.7 Å². The summed E-state index contributed by atoms with van der Waals surface area (Å²) >= 11 is 0. The molecule has 1 aliphatic heterocycles. The largest absolute Gasteiger partial charge is 0.550 e. The molecule has 1 fully saturated rings. The van der Waals surface area contributed by atoms with Crippen LogP contribution in [0.25, 0.3) is 0 Å². The first-order chi connectivity index (χ1) is 17.0. The van der Waals surface area contributed by atoms with Crippen LogP contribution in [0.4, 0.5) is 0 Å². The van der Waals surface area contributed by atoms with Crippen LogP contribution in [0.3, 0.4) is 0 Å². The predicted octanol–water partition coefficient (Wildman–Crippen LogP) is 0.445. The zero-order chi connectivity index (χ0) is 26.7. The van der Waals surface area contributed by atoms with Gasteiger partial charge in [0.15, 0.2) is 6.29 Å². The van der Waals surface area contributed by atoms with Gasteiger partial charge in [0.1, 0.15) is 18.0 Å². The number of phenols is 1. The van der Waals surface area contributed by atoms with E-state index in [1.54, 1.807) is 26.0 Å². The number of aromatic hydroxyl groups is 1. The molecule has 6 atom stereocenters. The van der Waals surface area contributed by atoms with E-state index in [4.69, 9.17) is 14.2 Å². The Morgan fingerprint density at radius 2 is 1.86 bits per heavy atom. The Kier molecular flexibility index (Phi) is 12.1. The zero-order valence-electron chi connectivity index (χ0n) is 20.6. The number of benzene rings is 1. The number of carboxylic acids is 1. The van der Waals surface area contributed by atoms with Gasteiger partial charge in [-0.1, -0.05) is 18.6 Å². The quantitative estimate of drug-likeness (QED) is 0.203. The third-order valence-electron chi connectivity index (χ3n) is 5.88. The van der Waals surface area contributed by atoms with Gasteiger partial charge >= 0.3 is 5.97 Å². The Labute approximate surface area is 210 Å². The zero-order valence-corrected chi connectivity index (χ0v) is 20.6. The summed E-state index contributed by atoms with van der Waals surface area (Å²) < 4.78 is 16.8. The Morgan fingerprint density at radius 3 is 2.53 bits per heavy atom. The first-order valence-corrected chi connectivity index (χ1v) is 12.2. The Hall–Kier alpha value is -2.73. The van der Waals surface area contributed by atoms with Crippen LogP contribution in [0.15, 0.2) is 24.3 Å². The third-order valence-corrected chi connectivity index (χ3v) is 5.88. The van der Waals surface area contributed by atoms with Crippen LogP contribution in [-0.4, -0.2) is 70.4 Å². The fourth-order valence-corrected chi connectivity index (χ4v) is 3.75. The summed E-state index contributed by atoms with van der Waals surface area (Å²) in [5.41, 5.74) is 0.532. The number of carboxylic acid groups (broad SMARTS) is 1. The molecule has 1 aromatic carbocycles. The molecule has 3 unspecified atom stereocenters. The van der Waals surface area contributed by atoms with Crippen molar-refractivity contribution in [3.05, 3.63) is 29.8 Å².